The number of carboxylic acids is 1. The van der Waals surface area contributed by atoms with Gasteiger partial charge >= 0.3 is 5.97 Å². The molecule has 0 atom stereocenters. The Hall–Kier alpha value is -3.07. The molecule has 5 N–H and O–H groups in total. The molecular formula is C17H19N3O5S. The molecule has 0 aliphatic carbocycles. The second-order valence-electron chi connectivity index (χ2n) is 5.60. The van der Waals surface area contributed by atoms with Crippen LogP contribution in [0.1, 0.15) is 21.5 Å². The molecule has 0 aliphatic heterocycles. The number of carboxylic acid groups (broad SMARTS) is 1. The number of benzene rings is 2. The summed E-state index contributed by atoms with van der Waals surface area (Å²) in [4.78, 5) is 11.4. The minimum absolute atomic E-state index is 0.0123. The highest BCUT2D eigenvalue weighted by molar-refractivity contribution is 7.92. The molecule has 0 aromatic heterocycles. The Labute approximate surface area is 151 Å². The highest BCUT2D eigenvalue weighted by Gasteiger charge is 2.14. The summed E-state index contributed by atoms with van der Waals surface area (Å²) in [6.07, 6.45) is 1.51. The van der Waals surface area contributed by atoms with E-state index in [4.69, 9.17) is 15.9 Å². The summed E-state index contributed by atoms with van der Waals surface area (Å²) in [7, 11) is -3.50. The van der Waals surface area contributed by atoms with E-state index < -0.39 is 16.0 Å². The Bertz CT molecular complexity index is 924. The quantitative estimate of drug-likeness (QED) is 0.407. The van der Waals surface area contributed by atoms with E-state index in [2.05, 4.69) is 4.72 Å². The van der Waals surface area contributed by atoms with Crippen LogP contribution in [-0.2, 0) is 16.4 Å². The van der Waals surface area contributed by atoms with Crippen molar-refractivity contribution in [2.24, 2.45) is 5.73 Å². The lowest BCUT2D eigenvalue weighted by atomic mass is 10.1. The van der Waals surface area contributed by atoms with Crippen molar-refractivity contribution >= 4 is 27.5 Å². The van der Waals surface area contributed by atoms with Crippen LogP contribution in [-0.4, -0.2) is 38.2 Å². The summed E-state index contributed by atoms with van der Waals surface area (Å²) in [5, 5.41) is 16.6. The molecule has 26 heavy (non-hydrogen) atoms. The molecule has 2 rings (SSSR count). The zero-order chi connectivity index (χ0) is 19.3. The Balaban J connectivity index is 2.06. The van der Waals surface area contributed by atoms with Crippen molar-refractivity contribution in [1.82, 2.24) is 0 Å². The van der Waals surface area contributed by atoms with Gasteiger partial charge in [-0.3, -0.25) is 10.1 Å². The number of sulfonamides is 1. The van der Waals surface area contributed by atoms with Gasteiger partial charge in [0.2, 0.25) is 10.0 Å². The third kappa shape index (κ3) is 5.49. The molecule has 138 valence electrons. The predicted molar refractivity (Wildman–Crippen MR) is 98.5 cm³/mol. The highest BCUT2D eigenvalue weighted by Crippen LogP contribution is 2.24. The summed E-state index contributed by atoms with van der Waals surface area (Å²) >= 11 is 0. The van der Waals surface area contributed by atoms with Gasteiger partial charge in [-0.15, -0.1) is 0 Å². The second kappa shape index (κ2) is 7.87. The number of carbonyl (C=O) groups is 1. The fraction of sp³-hybridized carbons (Fsp3) is 0.176. The third-order valence-electron chi connectivity index (χ3n) is 3.43. The van der Waals surface area contributed by atoms with Gasteiger partial charge in [0.25, 0.3) is 0 Å². The molecule has 0 radical (unpaired) electrons. The standard InChI is InChI=1S/C17H19N3O5S/c1-26(23,24)20-13-6-7-15(14(10-13)17(21)22)25-9-8-11-2-4-12(5-3-11)16(18)19/h2-7,10,20H,8-9H2,1H3,(H3,18,19)(H,21,22). The topological polar surface area (TPSA) is 143 Å². The number of hydrogen-bond donors (Lipinski definition) is 4. The Kier molecular flexibility index (Phi) is 5.83. The van der Waals surface area contributed by atoms with Crippen LogP contribution in [0.3, 0.4) is 0 Å². The maximum atomic E-state index is 11.4. The fourth-order valence-electron chi connectivity index (χ4n) is 2.23. The molecule has 0 bridgehead atoms. The van der Waals surface area contributed by atoms with Gasteiger partial charge in [0.15, 0.2) is 0 Å². The SMILES string of the molecule is CS(=O)(=O)Nc1ccc(OCCc2ccc(C(=N)N)cc2)c(C(=O)O)c1. The molecule has 0 fully saturated rings. The number of nitrogens with two attached hydrogens (primary N) is 1. The molecule has 0 amide bonds. The molecular weight excluding hydrogens is 358 g/mol. The molecule has 0 saturated carbocycles. The normalized spacial score (nSPS) is 11.0. The largest absolute Gasteiger partial charge is 0.492 e. The second-order valence-corrected chi connectivity index (χ2v) is 7.35. The van der Waals surface area contributed by atoms with Crippen LogP contribution in [0.2, 0.25) is 0 Å². The Morgan fingerprint density at radius 3 is 2.42 bits per heavy atom. The van der Waals surface area contributed by atoms with E-state index in [1.165, 1.54) is 18.2 Å². The fourth-order valence-corrected chi connectivity index (χ4v) is 2.79. The van der Waals surface area contributed by atoms with Gasteiger partial charge in [0, 0.05) is 17.7 Å². The number of nitrogens with one attached hydrogen (secondary N) is 2. The van der Waals surface area contributed by atoms with E-state index in [1.807, 2.05) is 12.1 Å². The number of amidine groups is 1. The van der Waals surface area contributed by atoms with Gasteiger partial charge in [-0.25, -0.2) is 13.2 Å². The lowest BCUT2D eigenvalue weighted by Crippen LogP contribution is -2.12. The van der Waals surface area contributed by atoms with Crippen molar-refractivity contribution < 1.29 is 23.1 Å². The van der Waals surface area contributed by atoms with Crippen LogP contribution < -0.4 is 15.2 Å². The summed E-state index contributed by atoms with van der Waals surface area (Å²) in [5.74, 6) is -1.08. The van der Waals surface area contributed by atoms with Crippen LogP contribution in [0.25, 0.3) is 0 Å². The number of aromatic carboxylic acids is 1. The lowest BCUT2D eigenvalue weighted by Gasteiger charge is -2.11. The zero-order valence-electron chi connectivity index (χ0n) is 14.0. The van der Waals surface area contributed by atoms with E-state index in [9.17, 15) is 18.3 Å². The number of nitrogen functional groups attached to an aromatic ring is 1. The van der Waals surface area contributed by atoms with Crippen LogP contribution in [0, 0.1) is 5.41 Å². The number of anilines is 1. The summed E-state index contributed by atoms with van der Waals surface area (Å²) in [5.41, 5.74) is 6.98. The number of hydrogen-bond acceptors (Lipinski definition) is 5. The average molecular weight is 377 g/mol. The highest BCUT2D eigenvalue weighted by atomic mass is 32.2. The maximum Gasteiger partial charge on any atom is 0.339 e. The van der Waals surface area contributed by atoms with Gasteiger partial charge in [-0.05, 0) is 23.8 Å². The number of rotatable bonds is 8. The first kappa shape index (κ1) is 19.3. The van der Waals surface area contributed by atoms with E-state index in [1.54, 1.807) is 12.1 Å². The van der Waals surface area contributed by atoms with Crippen LogP contribution in [0.4, 0.5) is 5.69 Å². The van der Waals surface area contributed by atoms with Gasteiger partial charge in [0.05, 0.1) is 12.9 Å². The smallest absolute Gasteiger partial charge is 0.339 e. The molecule has 8 nitrogen and oxygen atoms in total. The van der Waals surface area contributed by atoms with E-state index in [0.717, 1.165) is 11.8 Å². The first-order chi connectivity index (χ1) is 12.2. The summed E-state index contributed by atoms with van der Waals surface area (Å²) in [6, 6.07) is 11.1. The minimum Gasteiger partial charge on any atom is -0.492 e. The van der Waals surface area contributed by atoms with Crippen LogP contribution in [0.5, 0.6) is 5.75 Å². The van der Waals surface area contributed by atoms with Gasteiger partial charge in [0.1, 0.15) is 17.1 Å². The molecule has 0 heterocycles. The van der Waals surface area contributed by atoms with E-state index in [-0.39, 0.29) is 29.4 Å². The maximum absolute atomic E-state index is 11.4. The monoisotopic (exact) mass is 377 g/mol. The van der Waals surface area contributed by atoms with Gasteiger partial charge in [-0.1, -0.05) is 24.3 Å². The van der Waals surface area contributed by atoms with Crippen molar-refractivity contribution in [2.75, 3.05) is 17.6 Å². The molecule has 9 heteroatoms. The molecule has 2 aromatic rings. The van der Waals surface area contributed by atoms with Crippen molar-refractivity contribution in [3.05, 3.63) is 59.2 Å². The van der Waals surface area contributed by atoms with Crippen molar-refractivity contribution in [1.29, 1.82) is 5.41 Å². The average Bonchev–Trinajstić information content (AvgIpc) is 2.55. The summed E-state index contributed by atoms with van der Waals surface area (Å²) < 4.78 is 30.3. The van der Waals surface area contributed by atoms with Crippen molar-refractivity contribution in [3.63, 3.8) is 0 Å². The Morgan fingerprint density at radius 2 is 1.88 bits per heavy atom. The molecule has 2 aromatic carbocycles. The number of ether oxygens (including phenoxy) is 1. The van der Waals surface area contributed by atoms with Gasteiger partial charge < -0.3 is 15.6 Å². The first-order valence-corrected chi connectivity index (χ1v) is 9.46. The molecule has 0 aliphatic rings. The first-order valence-electron chi connectivity index (χ1n) is 7.57. The van der Waals surface area contributed by atoms with Crippen LogP contribution >= 0.6 is 0 Å². The minimum atomic E-state index is -3.50. The van der Waals surface area contributed by atoms with Crippen molar-refractivity contribution in [2.45, 2.75) is 6.42 Å². The Morgan fingerprint density at radius 1 is 1.23 bits per heavy atom. The van der Waals surface area contributed by atoms with E-state index in [0.29, 0.717) is 12.0 Å². The molecule has 0 unspecified atom stereocenters. The molecule has 0 spiro atoms. The zero-order valence-corrected chi connectivity index (χ0v) is 14.8. The lowest BCUT2D eigenvalue weighted by molar-refractivity contribution is 0.0692. The predicted octanol–water partition coefficient (Wildman–Crippen LogP) is 1.66. The van der Waals surface area contributed by atoms with E-state index >= 15 is 0 Å². The third-order valence-corrected chi connectivity index (χ3v) is 4.03. The summed E-state index contributed by atoms with van der Waals surface area (Å²) in [6.45, 7) is 0.235. The molecule has 0 saturated heterocycles. The van der Waals surface area contributed by atoms with Gasteiger partial charge in [-0.2, -0.15) is 0 Å². The van der Waals surface area contributed by atoms with Crippen molar-refractivity contribution in [3.8, 4) is 5.75 Å². The van der Waals surface area contributed by atoms with Crippen LogP contribution in [0.15, 0.2) is 42.5 Å².